The topological polar surface area (TPSA) is 46.9 Å². The third-order valence-corrected chi connectivity index (χ3v) is 4.64. The highest BCUT2D eigenvalue weighted by molar-refractivity contribution is 7.10. The van der Waals surface area contributed by atoms with Gasteiger partial charge in [-0.05, 0) is 35.2 Å². The zero-order valence-electron chi connectivity index (χ0n) is 13.0. The van der Waals surface area contributed by atoms with Crippen LogP contribution in [0.3, 0.4) is 0 Å². The first-order chi connectivity index (χ1) is 11.6. The molecule has 0 aliphatic rings. The second kappa shape index (κ2) is 7.47. The lowest BCUT2D eigenvalue weighted by Gasteiger charge is -2.18. The molecule has 1 atom stereocenters. The number of rotatable bonds is 5. The first-order valence-corrected chi connectivity index (χ1v) is 8.64. The Balaban J connectivity index is 1.84. The van der Waals surface area contributed by atoms with E-state index in [1.54, 1.807) is 35.7 Å². The van der Waals surface area contributed by atoms with E-state index in [1.165, 1.54) is 6.08 Å². The van der Waals surface area contributed by atoms with Crippen molar-refractivity contribution in [3.8, 4) is 0 Å². The first-order valence-electron chi connectivity index (χ1n) is 7.38. The Hall–Kier alpha value is -2.37. The van der Waals surface area contributed by atoms with Gasteiger partial charge in [0.05, 0.1) is 0 Å². The van der Waals surface area contributed by atoms with Crippen LogP contribution in [0.5, 0.6) is 0 Å². The molecule has 1 aromatic carbocycles. The summed E-state index contributed by atoms with van der Waals surface area (Å²) in [4.78, 5) is 17.7. The van der Waals surface area contributed by atoms with E-state index in [0.717, 1.165) is 16.3 Å². The molecule has 3 rings (SSSR count). The maximum Gasteiger partial charge on any atom is 0.244 e. The molecule has 0 saturated carbocycles. The maximum atomic E-state index is 12.3. The van der Waals surface area contributed by atoms with Crippen LogP contribution in [-0.2, 0) is 11.8 Å². The van der Waals surface area contributed by atoms with Crippen LogP contribution in [0.2, 0.25) is 5.02 Å². The molecule has 0 spiro atoms. The van der Waals surface area contributed by atoms with Gasteiger partial charge in [0, 0.05) is 35.4 Å². The number of hydrogen-bond acceptors (Lipinski definition) is 3. The molecule has 0 unspecified atom stereocenters. The Morgan fingerprint density at radius 2 is 2.12 bits per heavy atom. The molecule has 0 bridgehead atoms. The predicted octanol–water partition coefficient (Wildman–Crippen LogP) is 4.05. The van der Waals surface area contributed by atoms with E-state index in [-0.39, 0.29) is 11.9 Å². The predicted molar refractivity (Wildman–Crippen MR) is 98.0 cm³/mol. The smallest absolute Gasteiger partial charge is 0.244 e. The average Bonchev–Trinajstić information content (AvgIpc) is 3.23. The molecule has 0 aliphatic heterocycles. The monoisotopic (exact) mass is 357 g/mol. The van der Waals surface area contributed by atoms with Gasteiger partial charge in [-0.25, -0.2) is 4.98 Å². The molecule has 6 heteroatoms. The number of carbonyl (C=O) groups is 1. The van der Waals surface area contributed by atoms with Crippen molar-refractivity contribution in [3.05, 3.63) is 81.5 Å². The van der Waals surface area contributed by atoms with Crippen molar-refractivity contribution in [2.75, 3.05) is 0 Å². The Morgan fingerprint density at radius 3 is 2.75 bits per heavy atom. The van der Waals surface area contributed by atoms with Crippen molar-refractivity contribution in [3.63, 3.8) is 0 Å². The molecule has 24 heavy (non-hydrogen) atoms. The number of halogens is 1. The molecule has 4 nitrogen and oxygen atoms in total. The minimum absolute atomic E-state index is 0.175. The number of carbonyl (C=O) groups excluding carboxylic acids is 1. The molecule has 0 saturated heterocycles. The summed E-state index contributed by atoms with van der Waals surface area (Å²) in [6.45, 7) is 0. The molecule has 0 fully saturated rings. The molecular weight excluding hydrogens is 342 g/mol. The van der Waals surface area contributed by atoms with Gasteiger partial charge in [0.1, 0.15) is 11.9 Å². The van der Waals surface area contributed by atoms with Crippen molar-refractivity contribution in [2.24, 2.45) is 7.05 Å². The fourth-order valence-electron chi connectivity index (χ4n) is 2.34. The van der Waals surface area contributed by atoms with E-state index in [4.69, 9.17) is 11.6 Å². The third kappa shape index (κ3) is 3.93. The molecule has 1 N–H and O–H groups in total. The number of aromatic nitrogens is 2. The van der Waals surface area contributed by atoms with Gasteiger partial charge < -0.3 is 9.88 Å². The lowest BCUT2D eigenvalue weighted by atomic mass is 10.1. The van der Waals surface area contributed by atoms with Crippen molar-refractivity contribution in [1.82, 2.24) is 14.9 Å². The van der Waals surface area contributed by atoms with Gasteiger partial charge in [0.25, 0.3) is 0 Å². The number of amides is 1. The SMILES string of the molecule is Cn1ccnc1[C@H](NC(=O)/C=C/c1cccs1)c1ccc(Cl)cc1. The highest BCUT2D eigenvalue weighted by Gasteiger charge is 2.19. The molecule has 122 valence electrons. The van der Waals surface area contributed by atoms with E-state index >= 15 is 0 Å². The first kappa shape index (κ1) is 16.5. The number of imidazole rings is 1. The molecular formula is C18H16ClN3OS. The van der Waals surface area contributed by atoms with E-state index in [1.807, 2.05) is 47.5 Å². The van der Waals surface area contributed by atoms with Gasteiger partial charge in [0.15, 0.2) is 0 Å². The van der Waals surface area contributed by atoms with Gasteiger partial charge in [-0.15, -0.1) is 11.3 Å². The second-order valence-corrected chi connectivity index (χ2v) is 6.65. The quantitative estimate of drug-likeness (QED) is 0.700. The van der Waals surface area contributed by atoms with Crippen molar-refractivity contribution in [2.45, 2.75) is 6.04 Å². The number of nitrogens with one attached hydrogen (secondary N) is 1. The molecule has 0 aliphatic carbocycles. The van der Waals surface area contributed by atoms with Crippen LogP contribution >= 0.6 is 22.9 Å². The normalized spacial score (nSPS) is 12.4. The maximum absolute atomic E-state index is 12.3. The van der Waals surface area contributed by atoms with Crippen LogP contribution in [-0.4, -0.2) is 15.5 Å². The molecule has 1 amide bonds. The highest BCUT2D eigenvalue weighted by Crippen LogP contribution is 2.22. The number of hydrogen-bond donors (Lipinski definition) is 1. The molecule has 2 heterocycles. The van der Waals surface area contributed by atoms with Gasteiger partial charge in [0.2, 0.25) is 5.91 Å². The van der Waals surface area contributed by atoms with Crippen molar-refractivity contribution < 1.29 is 4.79 Å². The highest BCUT2D eigenvalue weighted by atomic mass is 35.5. The van der Waals surface area contributed by atoms with Crippen LogP contribution in [0.1, 0.15) is 22.3 Å². The standard InChI is InChI=1S/C18H16ClN3OS/c1-22-11-10-20-18(22)17(13-4-6-14(19)7-5-13)21-16(23)9-8-15-3-2-12-24-15/h2-12,17H,1H3,(H,21,23)/b9-8+/t17-/m1/s1. The van der Waals surface area contributed by atoms with Crippen LogP contribution in [0.4, 0.5) is 0 Å². The summed E-state index contributed by atoms with van der Waals surface area (Å²) in [5, 5.41) is 5.64. The van der Waals surface area contributed by atoms with E-state index < -0.39 is 0 Å². The van der Waals surface area contributed by atoms with Crippen molar-refractivity contribution in [1.29, 1.82) is 0 Å². The average molecular weight is 358 g/mol. The largest absolute Gasteiger partial charge is 0.339 e. The van der Waals surface area contributed by atoms with Crippen LogP contribution < -0.4 is 5.32 Å². The lowest BCUT2D eigenvalue weighted by Crippen LogP contribution is -2.29. The molecule has 3 aromatic rings. The summed E-state index contributed by atoms with van der Waals surface area (Å²) >= 11 is 7.55. The van der Waals surface area contributed by atoms with E-state index in [2.05, 4.69) is 10.3 Å². The van der Waals surface area contributed by atoms with E-state index in [0.29, 0.717) is 5.02 Å². The Bertz CT molecular complexity index is 838. The van der Waals surface area contributed by atoms with E-state index in [9.17, 15) is 4.79 Å². The molecule has 0 radical (unpaired) electrons. The number of thiophene rings is 1. The van der Waals surface area contributed by atoms with Gasteiger partial charge in [-0.2, -0.15) is 0 Å². The fourth-order valence-corrected chi connectivity index (χ4v) is 3.09. The second-order valence-electron chi connectivity index (χ2n) is 5.24. The summed E-state index contributed by atoms with van der Waals surface area (Å²) in [6.07, 6.45) is 6.91. The summed E-state index contributed by atoms with van der Waals surface area (Å²) in [5.41, 5.74) is 0.923. The lowest BCUT2D eigenvalue weighted by molar-refractivity contribution is -0.117. The number of nitrogens with zero attached hydrogens (tertiary/aromatic N) is 2. The third-order valence-electron chi connectivity index (χ3n) is 3.55. The summed E-state index contributed by atoms with van der Waals surface area (Å²) < 4.78 is 1.89. The van der Waals surface area contributed by atoms with Gasteiger partial charge in [-0.1, -0.05) is 29.8 Å². The van der Waals surface area contributed by atoms with Gasteiger partial charge >= 0.3 is 0 Å². The van der Waals surface area contributed by atoms with Crippen molar-refractivity contribution >= 4 is 34.9 Å². The Morgan fingerprint density at radius 1 is 1.33 bits per heavy atom. The van der Waals surface area contributed by atoms with Crippen LogP contribution in [0, 0.1) is 0 Å². The minimum Gasteiger partial charge on any atom is -0.339 e. The van der Waals surface area contributed by atoms with Crippen LogP contribution in [0.25, 0.3) is 6.08 Å². The summed E-state index contributed by atoms with van der Waals surface area (Å²) in [6, 6.07) is 11.0. The Labute approximate surface area is 149 Å². The minimum atomic E-state index is -0.345. The number of benzene rings is 1. The molecule has 2 aromatic heterocycles. The number of aryl methyl sites for hydroxylation is 1. The summed E-state index contributed by atoms with van der Waals surface area (Å²) in [5.74, 6) is 0.585. The summed E-state index contributed by atoms with van der Waals surface area (Å²) in [7, 11) is 1.90. The fraction of sp³-hybridized carbons (Fsp3) is 0.111. The van der Waals surface area contributed by atoms with Gasteiger partial charge in [-0.3, -0.25) is 4.79 Å². The zero-order valence-corrected chi connectivity index (χ0v) is 14.6. The zero-order chi connectivity index (χ0) is 16.9. The Kier molecular flexibility index (Phi) is 5.13. The van der Waals surface area contributed by atoms with Crippen LogP contribution in [0.15, 0.2) is 60.2 Å².